The van der Waals surface area contributed by atoms with E-state index in [0.717, 1.165) is 0 Å². The molecular formula is C22H29NO5. The molecule has 2 fully saturated rings. The van der Waals surface area contributed by atoms with Crippen LogP contribution in [0.3, 0.4) is 0 Å². The van der Waals surface area contributed by atoms with Crippen LogP contribution >= 0.6 is 0 Å². The second-order valence-electron chi connectivity index (χ2n) is 8.64. The van der Waals surface area contributed by atoms with E-state index in [-0.39, 0.29) is 30.1 Å². The van der Waals surface area contributed by atoms with Crippen LogP contribution in [0.2, 0.25) is 0 Å². The maximum atomic E-state index is 12.3. The molecule has 0 amide bonds. The summed E-state index contributed by atoms with van der Waals surface area (Å²) in [5, 5.41) is 0. The zero-order valence-electron chi connectivity index (χ0n) is 17.0. The molecule has 0 spiro atoms. The van der Waals surface area contributed by atoms with E-state index >= 15 is 0 Å². The maximum absolute atomic E-state index is 12.3. The van der Waals surface area contributed by atoms with Gasteiger partial charge in [-0.3, -0.25) is 4.79 Å². The molecule has 28 heavy (non-hydrogen) atoms. The monoisotopic (exact) mass is 387 g/mol. The van der Waals surface area contributed by atoms with Crippen molar-refractivity contribution in [2.75, 3.05) is 6.61 Å². The summed E-state index contributed by atoms with van der Waals surface area (Å²) in [6.45, 7) is 8.76. The Kier molecular flexibility index (Phi) is 5.08. The Hall–Kier alpha value is -1.73. The number of nitrogens with zero attached hydrogens (tertiary/aromatic N) is 1. The van der Waals surface area contributed by atoms with Crippen molar-refractivity contribution in [3.63, 3.8) is 0 Å². The highest BCUT2D eigenvalue weighted by molar-refractivity contribution is 5.90. The SMILES string of the molecule is CC1(C)O[C@H]([C@H]2CC(=O)C=CN2Cc2ccccc2)[C@@H]([C@H]2COC(C)(C)O2)O1. The number of rotatable bonds is 4. The van der Waals surface area contributed by atoms with Crippen LogP contribution in [0, 0.1) is 0 Å². The van der Waals surface area contributed by atoms with Crippen LogP contribution in [0.15, 0.2) is 42.6 Å². The number of hydrogen-bond acceptors (Lipinski definition) is 6. The Labute approximate surface area is 166 Å². The average Bonchev–Trinajstić information content (AvgIpc) is 3.16. The van der Waals surface area contributed by atoms with Gasteiger partial charge < -0.3 is 23.8 Å². The van der Waals surface area contributed by atoms with Gasteiger partial charge in [0.05, 0.1) is 12.6 Å². The molecule has 0 radical (unpaired) electrons. The Morgan fingerprint density at radius 2 is 1.71 bits per heavy atom. The first-order valence-corrected chi connectivity index (χ1v) is 9.91. The quantitative estimate of drug-likeness (QED) is 0.792. The van der Waals surface area contributed by atoms with Gasteiger partial charge in [0, 0.05) is 19.2 Å². The number of ketones is 1. The predicted molar refractivity (Wildman–Crippen MR) is 103 cm³/mol. The lowest BCUT2D eigenvalue weighted by Gasteiger charge is -2.38. The molecule has 3 heterocycles. The minimum absolute atomic E-state index is 0.102. The van der Waals surface area contributed by atoms with Gasteiger partial charge in [0.1, 0.15) is 18.3 Å². The van der Waals surface area contributed by atoms with Crippen molar-refractivity contribution in [1.82, 2.24) is 4.90 Å². The van der Waals surface area contributed by atoms with Gasteiger partial charge in [-0.2, -0.15) is 0 Å². The van der Waals surface area contributed by atoms with Crippen molar-refractivity contribution in [3.8, 4) is 0 Å². The first-order valence-electron chi connectivity index (χ1n) is 9.91. The van der Waals surface area contributed by atoms with Crippen molar-refractivity contribution >= 4 is 5.78 Å². The maximum Gasteiger partial charge on any atom is 0.164 e. The molecule has 4 atom stereocenters. The molecule has 0 aromatic heterocycles. The molecule has 0 saturated carbocycles. The van der Waals surface area contributed by atoms with Crippen molar-refractivity contribution < 1.29 is 23.7 Å². The topological polar surface area (TPSA) is 57.2 Å². The van der Waals surface area contributed by atoms with E-state index in [9.17, 15) is 4.79 Å². The van der Waals surface area contributed by atoms with Crippen LogP contribution in [0.25, 0.3) is 0 Å². The number of benzene rings is 1. The summed E-state index contributed by atoms with van der Waals surface area (Å²) in [5.41, 5.74) is 1.18. The molecule has 1 aromatic rings. The first-order chi connectivity index (χ1) is 13.2. The Morgan fingerprint density at radius 3 is 2.39 bits per heavy atom. The fraction of sp³-hybridized carbons (Fsp3) is 0.591. The first kappa shape index (κ1) is 19.6. The molecular weight excluding hydrogens is 358 g/mol. The van der Waals surface area contributed by atoms with Crippen molar-refractivity contribution in [1.29, 1.82) is 0 Å². The van der Waals surface area contributed by atoms with E-state index in [1.165, 1.54) is 5.56 Å². The van der Waals surface area contributed by atoms with E-state index in [4.69, 9.17) is 18.9 Å². The summed E-state index contributed by atoms with van der Waals surface area (Å²) in [7, 11) is 0. The van der Waals surface area contributed by atoms with Crippen molar-refractivity contribution in [2.45, 2.75) is 76.6 Å². The third kappa shape index (κ3) is 4.15. The third-order valence-electron chi connectivity index (χ3n) is 5.44. The molecule has 4 rings (SSSR count). The number of carbonyl (C=O) groups excluding carboxylic acids is 1. The lowest BCUT2D eigenvalue weighted by Crippen LogP contribution is -2.51. The summed E-state index contributed by atoms with van der Waals surface area (Å²) in [6.07, 6.45) is 3.08. The predicted octanol–water partition coefficient (Wildman–Crippen LogP) is 3.02. The van der Waals surface area contributed by atoms with Gasteiger partial charge in [-0.15, -0.1) is 0 Å². The molecule has 3 aliphatic heterocycles. The standard InChI is InChI=1S/C22H29NO5/c1-21(2)25-14-18(26-21)20-19(27-22(3,4)28-20)17-12-16(24)10-11-23(17)13-15-8-6-5-7-9-15/h5-11,17-20H,12-14H2,1-4H3/t17-,18-,19-,20-/m1/s1. The number of hydrogen-bond donors (Lipinski definition) is 0. The second-order valence-corrected chi connectivity index (χ2v) is 8.64. The molecule has 1 aromatic carbocycles. The summed E-state index contributed by atoms with van der Waals surface area (Å²) >= 11 is 0. The van der Waals surface area contributed by atoms with E-state index in [2.05, 4.69) is 17.0 Å². The Bertz CT molecular complexity index is 745. The molecule has 6 heteroatoms. The molecule has 3 aliphatic rings. The summed E-state index contributed by atoms with van der Waals surface area (Å²) in [6, 6.07) is 10.1. The van der Waals surface area contributed by atoms with Crippen LogP contribution in [0.4, 0.5) is 0 Å². The Morgan fingerprint density at radius 1 is 1.00 bits per heavy atom. The number of carbonyl (C=O) groups is 1. The van der Waals surface area contributed by atoms with Crippen LogP contribution in [0.1, 0.15) is 39.7 Å². The molecule has 2 saturated heterocycles. The molecule has 152 valence electrons. The summed E-state index contributed by atoms with van der Waals surface area (Å²) in [5.74, 6) is -1.28. The van der Waals surface area contributed by atoms with Crippen molar-refractivity contribution in [3.05, 3.63) is 48.2 Å². The largest absolute Gasteiger partial charge is 0.367 e. The summed E-state index contributed by atoms with van der Waals surface area (Å²) in [4.78, 5) is 14.4. The lowest BCUT2D eigenvalue weighted by molar-refractivity contribution is -0.175. The highest BCUT2D eigenvalue weighted by Crippen LogP contribution is 2.39. The molecule has 6 nitrogen and oxygen atoms in total. The van der Waals surface area contributed by atoms with Gasteiger partial charge in [-0.25, -0.2) is 0 Å². The molecule has 0 aliphatic carbocycles. The van der Waals surface area contributed by atoms with E-state index in [0.29, 0.717) is 19.6 Å². The van der Waals surface area contributed by atoms with Crippen LogP contribution in [0.5, 0.6) is 0 Å². The number of allylic oxidation sites excluding steroid dienone is 1. The normalized spacial score (nSPS) is 34.1. The zero-order valence-corrected chi connectivity index (χ0v) is 17.0. The second kappa shape index (κ2) is 7.26. The Balaban J connectivity index is 1.59. The molecule has 0 unspecified atom stereocenters. The van der Waals surface area contributed by atoms with Gasteiger partial charge in [-0.1, -0.05) is 30.3 Å². The van der Waals surface area contributed by atoms with Gasteiger partial charge in [-0.05, 0) is 39.3 Å². The minimum Gasteiger partial charge on any atom is -0.367 e. The highest BCUT2D eigenvalue weighted by atomic mass is 16.8. The third-order valence-corrected chi connectivity index (χ3v) is 5.44. The van der Waals surface area contributed by atoms with Gasteiger partial charge >= 0.3 is 0 Å². The average molecular weight is 387 g/mol. The fourth-order valence-electron chi connectivity index (χ4n) is 4.23. The van der Waals surface area contributed by atoms with E-state index < -0.39 is 11.6 Å². The zero-order chi connectivity index (χ0) is 19.9. The van der Waals surface area contributed by atoms with Crippen LogP contribution < -0.4 is 0 Å². The summed E-state index contributed by atoms with van der Waals surface area (Å²) < 4.78 is 24.4. The van der Waals surface area contributed by atoms with E-state index in [1.54, 1.807) is 6.08 Å². The van der Waals surface area contributed by atoms with E-state index in [1.807, 2.05) is 52.1 Å². The van der Waals surface area contributed by atoms with Crippen LogP contribution in [-0.4, -0.2) is 53.2 Å². The van der Waals surface area contributed by atoms with Gasteiger partial charge in [0.15, 0.2) is 17.4 Å². The number of ether oxygens (including phenoxy) is 4. The smallest absolute Gasteiger partial charge is 0.164 e. The highest BCUT2D eigenvalue weighted by Gasteiger charge is 2.53. The fourth-order valence-corrected chi connectivity index (χ4v) is 4.23. The minimum atomic E-state index is -0.742. The van der Waals surface area contributed by atoms with Gasteiger partial charge in [0.25, 0.3) is 0 Å². The molecule has 0 N–H and O–H groups in total. The van der Waals surface area contributed by atoms with Crippen molar-refractivity contribution in [2.24, 2.45) is 0 Å². The lowest BCUT2D eigenvalue weighted by atomic mass is 9.93. The van der Waals surface area contributed by atoms with Crippen LogP contribution in [-0.2, 0) is 30.3 Å². The van der Waals surface area contributed by atoms with Gasteiger partial charge in [0.2, 0.25) is 0 Å². The molecule has 0 bridgehead atoms.